The SMILES string of the molecule is CCOc1ccccc1N1CCN(Cc2cnc(N)s2)CC1.Cl. The van der Waals surface area contributed by atoms with Gasteiger partial charge < -0.3 is 15.4 Å². The Morgan fingerprint density at radius 3 is 2.61 bits per heavy atom. The Balaban J connectivity index is 0.00000192. The maximum Gasteiger partial charge on any atom is 0.180 e. The van der Waals surface area contributed by atoms with Gasteiger partial charge in [0.1, 0.15) is 5.75 Å². The number of benzene rings is 1. The topological polar surface area (TPSA) is 54.6 Å². The Hall–Kier alpha value is -1.50. The van der Waals surface area contributed by atoms with Crippen LogP contribution < -0.4 is 15.4 Å². The molecule has 2 aromatic rings. The summed E-state index contributed by atoms with van der Waals surface area (Å²) in [7, 11) is 0. The molecule has 0 atom stereocenters. The summed E-state index contributed by atoms with van der Waals surface area (Å²) >= 11 is 1.58. The number of ether oxygens (including phenoxy) is 1. The van der Waals surface area contributed by atoms with Crippen LogP contribution in [0.25, 0.3) is 0 Å². The lowest BCUT2D eigenvalue weighted by Crippen LogP contribution is -2.46. The summed E-state index contributed by atoms with van der Waals surface area (Å²) in [5.41, 5.74) is 6.89. The van der Waals surface area contributed by atoms with Crippen molar-refractivity contribution in [3.05, 3.63) is 35.3 Å². The van der Waals surface area contributed by atoms with Crippen LogP contribution in [-0.2, 0) is 6.54 Å². The van der Waals surface area contributed by atoms with Gasteiger partial charge in [-0.25, -0.2) is 4.98 Å². The maximum absolute atomic E-state index is 5.74. The molecule has 2 N–H and O–H groups in total. The van der Waals surface area contributed by atoms with Crippen LogP contribution in [0.3, 0.4) is 0 Å². The number of para-hydroxylation sites is 2. The predicted molar refractivity (Wildman–Crippen MR) is 98.9 cm³/mol. The molecule has 23 heavy (non-hydrogen) atoms. The molecule has 0 bridgehead atoms. The monoisotopic (exact) mass is 354 g/mol. The molecule has 1 aliphatic rings. The number of thiazole rings is 1. The van der Waals surface area contributed by atoms with Crippen LogP contribution in [0.5, 0.6) is 5.75 Å². The highest BCUT2D eigenvalue weighted by Gasteiger charge is 2.20. The molecule has 0 amide bonds. The molecule has 0 spiro atoms. The molecule has 126 valence electrons. The van der Waals surface area contributed by atoms with Gasteiger partial charge in [-0.2, -0.15) is 0 Å². The Labute approximate surface area is 147 Å². The van der Waals surface area contributed by atoms with E-state index in [1.165, 1.54) is 10.6 Å². The second kappa shape index (κ2) is 8.38. The molecular weight excluding hydrogens is 332 g/mol. The zero-order valence-electron chi connectivity index (χ0n) is 13.3. The van der Waals surface area contributed by atoms with Gasteiger partial charge in [-0.15, -0.1) is 23.7 Å². The van der Waals surface area contributed by atoms with Crippen LogP contribution in [0.15, 0.2) is 30.5 Å². The fourth-order valence-corrected chi connectivity index (χ4v) is 3.49. The molecule has 1 fully saturated rings. The average molecular weight is 355 g/mol. The lowest BCUT2D eigenvalue weighted by molar-refractivity contribution is 0.250. The molecule has 0 radical (unpaired) electrons. The maximum atomic E-state index is 5.74. The largest absolute Gasteiger partial charge is 0.492 e. The molecule has 1 aliphatic heterocycles. The van der Waals surface area contributed by atoms with Crippen LogP contribution in [-0.4, -0.2) is 42.7 Å². The van der Waals surface area contributed by atoms with Crippen molar-refractivity contribution in [3.8, 4) is 5.75 Å². The quantitative estimate of drug-likeness (QED) is 0.894. The van der Waals surface area contributed by atoms with E-state index < -0.39 is 0 Å². The summed E-state index contributed by atoms with van der Waals surface area (Å²) in [6, 6.07) is 8.29. The van der Waals surface area contributed by atoms with Crippen LogP contribution >= 0.6 is 23.7 Å². The number of rotatable bonds is 5. The molecule has 1 aromatic carbocycles. The van der Waals surface area contributed by atoms with Crippen molar-refractivity contribution in [3.63, 3.8) is 0 Å². The second-order valence-corrected chi connectivity index (χ2v) is 6.48. The van der Waals surface area contributed by atoms with Gasteiger partial charge in [0.15, 0.2) is 5.13 Å². The third kappa shape index (κ3) is 4.50. The van der Waals surface area contributed by atoms with E-state index in [4.69, 9.17) is 10.5 Å². The highest BCUT2D eigenvalue weighted by atomic mass is 35.5. The molecular formula is C16H23ClN4OS. The Bertz CT molecular complexity index is 614. The molecule has 5 nitrogen and oxygen atoms in total. The van der Waals surface area contributed by atoms with Gasteiger partial charge in [0, 0.05) is 43.8 Å². The van der Waals surface area contributed by atoms with Gasteiger partial charge in [-0.1, -0.05) is 12.1 Å². The predicted octanol–water partition coefficient (Wildman–Crippen LogP) is 2.87. The molecule has 0 aliphatic carbocycles. The van der Waals surface area contributed by atoms with Crippen molar-refractivity contribution in [1.29, 1.82) is 0 Å². The number of nitrogen functional groups attached to an aromatic ring is 1. The minimum Gasteiger partial charge on any atom is -0.492 e. The standard InChI is InChI=1S/C16H22N4OS.ClH/c1-2-21-15-6-4-3-5-14(15)20-9-7-19(8-10-20)12-13-11-18-16(17)22-13;/h3-6,11H,2,7-10,12H2,1H3,(H2,17,18);1H. The summed E-state index contributed by atoms with van der Waals surface area (Å²) in [4.78, 5) is 10.2. The van der Waals surface area contributed by atoms with E-state index in [2.05, 4.69) is 26.9 Å². The van der Waals surface area contributed by atoms with E-state index >= 15 is 0 Å². The minimum absolute atomic E-state index is 0. The summed E-state index contributed by atoms with van der Waals surface area (Å²) in [5, 5.41) is 0.652. The highest BCUT2D eigenvalue weighted by molar-refractivity contribution is 7.15. The molecule has 1 aromatic heterocycles. The molecule has 3 rings (SSSR count). The first-order valence-corrected chi connectivity index (χ1v) is 8.47. The van der Waals surface area contributed by atoms with E-state index in [9.17, 15) is 0 Å². The van der Waals surface area contributed by atoms with E-state index in [1.54, 1.807) is 11.3 Å². The van der Waals surface area contributed by atoms with Crippen molar-refractivity contribution in [2.45, 2.75) is 13.5 Å². The zero-order valence-corrected chi connectivity index (χ0v) is 14.9. The van der Waals surface area contributed by atoms with Crippen LogP contribution in [0.4, 0.5) is 10.8 Å². The number of nitrogens with two attached hydrogens (primary N) is 1. The van der Waals surface area contributed by atoms with Crippen molar-refractivity contribution in [2.75, 3.05) is 43.4 Å². The van der Waals surface area contributed by atoms with Crippen LogP contribution in [0.2, 0.25) is 0 Å². The van der Waals surface area contributed by atoms with Gasteiger partial charge in [0.05, 0.1) is 12.3 Å². The van der Waals surface area contributed by atoms with E-state index in [1.807, 2.05) is 25.3 Å². The van der Waals surface area contributed by atoms with Crippen LogP contribution in [0.1, 0.15) is 11.8 Å². The minimum atomic E-state index is 0. The summed E-state index contributed by atoms with van der Waals surface area (Å²) in [6.07, 6.45) is 1.89. The van der Waals surface area contributed by atoms with Crippen molar-refractivity contribution in [1.82, 2.24) is 9.88 Å². The number of nitrogens with zero attached hydrogens (tertiary/aromatic N) is 3. The Morgan fingerprint density at radius 2 is 1.96 bits per heavy atom. The van der Waals surface area contributed by atoms with Gasteiger partial charge >= 0.3 is 0 Å². The third-order valence-electron chi connectivity index (χ3n) is 3.83. The number of halogens is 1. The Kier molecular flexibility index (Phi) is 6.50. The average Bonchev–Trinajstić information content (AvgIpc) is 2.94. The zero-order chi connectivity index (χ0) is 15.4. The van der Waals surface area contributed by atoms with Crippen molar-refractivity contribution < 1.29 is 4.74 Å². The molecule has 0 saturated carbocycles. The van der Waals surface area contributed by atoms with E-state index in [0.29, 0.717) is 11.7 Å². The lowest BCUT2D eigenvalue weighted by Gasteiger charge is -2.36. The number of aromatic nitrogens is 1. The summed E-state index contributed by atoms with van der Waals surface area (Å²) in [5.74, 6) is 0.980. The summed E-state index contributed by atoms with van der Waals surface area (Å²) in [6.45, 7) is 7.77. The second-order valence-electron chi connectivity index (χ2n) is 5.33. The third-order valence-corrected chi connectivity index (χ3v) is 4.64. The van der Waals surface area contributed by atoms with Gasteiger partial charge in [0.25, 0.3) is 0 Å². The van der Waals surface area contributed by atoms with Gasteiger partial charge in [-0.3, -0.25) is 4.90 Å². The first kappa shape index (κ1) is 17.8. The van der Waals surface area contributed by atoms with Crippen LogP contribution in [0, 0.1) is 0 Å². The van der Waals surface area contributed by atoms with Crippen molar-refractivity contribution in [2.24, 2.45) is 0 Å². The number of anilines is 2. The normalized spacial score (nSPS) is 15.3. The molecule has 0 unspecified atom stereocenters. The van der Waals surface area contributed by atoms with Gasteiger partial charge in [-0.05, 0) is 19.1 Å². The Morgan fingerprint density at radius 1 is 1.22 bits per heavy atom. The molecule has 2 heterocycles. The van der Waals surface area contributed by atoms with E-state index in [-0.39, 0.29) is 12.4 Å². The first-order chi connectivity index (χ1) is 10.8. The lowest BCUT2D eigenvalue weighted by atomic mass is 10.2. The fraction of sp³-hybridized carbons (Fsp3) is 0.438. The molecule has 7 heteroatoms. The summed E-state index contributed by atoms with van der Waals surface area (Å²) < 4.78 is 5.74. The van der Waals surface area contributed by atoms with Gasteiger partial charge in [0.2, 0.25) is 0 Å². The smallest absolute Gasteiger partial charge is 0.180 e. The number of hydrogen-bond donors (Lipinski definition) is 1. The van der Waals surface area contributed by atoms with E-state index in [0.717, 1.165) is 38.5 Å². The first-order valence-electron chi connectivity index (χ1n) is 7.65. The number of piperazine rings is 1. The highest BCUT2D eigenvalue weighted by Crippen LogP contribution is 2.29. The fourth-order valence-electron chi connectivity index (χ4n) is 2.76. The molecule has 1 saturated heterocycles. The van der Waals surface area contributed by atoms with Crippen molar-refractivity contribution >= 4 is 34.6 Å². The number of hydrogen-bond acceptors (Lipinski definition) is 6.